The monoisotopic (exact) mass is 278 g/mol. The highest BCUT2D eigenvalue weighted by molar-refractivity contribution is 5.96. The lowest BCUT2D eigenvalue weighted by Gasteiger charge is -2.36. The minimum atomic E-state index is -0.768. The molecular weight excluding hydrogens is 259 g/mol. The number of nitrogens with one attached hydrogen (secondary N) is 3. The van der Waals surface area contributed by atoms with Crippen LogP contribution in [0.25, 0.3) is 0 Å². The third kappa shape index (κ3) is 3.26. The van der Waals surface area contributed by atoms with Gasteiger partial charge in [-0.3, -0.25) is 5.41 Å². The predicted molar refractivity (Wildman–Crippen MR) is 76.3 cm³/mol. The Hall–Kier alpha value is -2.11. The zero-order chi connectivity index (χ0) is 14.6. The minimum absolute atomic E-state index is 0.0217. The summed E-state index contributed by atoms with van der Waals surface area (Å²) in [6.45, 7) is 0. The van der Waals surface area contributed by atoms with Crippen LogP contribution in [-0.4, -0.2) is 17.4 Å². The quantitative estimate of drug-likeness (QED) is 0.505. The van der Waals surface area contributed by atoms with Crippen LogP contribution in [0.15, 0.2) is 24.3 Å². The third-order valence-corrected chi connectivity index (χ3v) is 3.66. The van der Waals surface area contributed by atoms with Gasteiger partial charge in [0.1, 0.15) is 11.7 Å². The number of rotatable bonds is 3. The Labute approximate surface area is 117 Å². The molecule has 1 aliphatic carbocycles. The Morgan fingerprint density at radius 1 is 1.30 bits per heavy atom. The van der Waals surface area contributed by atoms with Gasteiger partial charge in [0.25, 0.3) is 0 Å². The summed E-state index contributed by atoms with van der Waals surface area (Å²) in [6.07, 6.45) is 4.28. The molecule has 1 fully saturated rings. The first-order valence-electron chi connectivity index (χ1n) is 6.71. The van der Waals surface area contributed by atoms with Crippen molar-refractivity contribution in [2.45, 2.75) is 37.6 Å². The maximum absolute atomic E-state index is 13.1. The van der Waals surface area contributed by atoms with E-state index < -0.39 is 17.4 Å². The molecule has 0 bridgehead atoms. The van der Waals surface area contributed by atoms with E-state index in [0.717, 1.165) is 19.3 Å². The molecular formula is C14H19FN4O. The SMILES string of the molecule is N=C(N)C1(NC(=O)Nc2cccc(F)c2)CCCCC1. The molecule has 1 saturated carbocycles. The second-order valence-corrected chi connectivity index (χ2v) is 5.15. The first kappa shape index (κ1) is 14.3. The van der Waals surface area contributed by atoms with Gasteiger partial charge in [0.05, 0.1) is 5.54 Å². The van der Waals surface area contributed by atoms with E-state index in [0.29, 0.717) is 18.5 Å². The minimum Gasteiger partial charge on any atom is -0.386 e. The predicted octanol–water partition coefficient (Wildman–Crippen LogP) is 2.59. The second-order valence-electron chi connectivity index (χ2n) is 5.15. The first-order chi connectivity index (χ1) is 9.52. The Morgan fingerprint density at radius 2 is 2.00 bits per heavy atom. The van der Waals surface area contributed by atoms with Gasteiger partial charge in [0.2, 0.25) is 0 Å². The zero-order valence-corrected chi connectivity index (χ0v) is 11.2. The van der Waals surface area contributed by atoms with E-state index >= 15 is 0 Å². The molecule has 0 atom stereocenters. The molecule has 0 saturated heterocycles. The van der Waals surface area contributed by atoms with Crippen LogP contribution in [0.5, 0.6) is 0 Å². The molecule has 108 valence electrons. The maximum atomic E-state index is 13.1. The Bertz CT molecular complexity index is 512. The normalized spacial score (nSPS) is 17.2. The number of carbonyl (C=O) groups is 1. The summed E-state index contributed by atoms with van der Waals surface area (Å²) in [5, 5.41) is 13.1. The molecule has 2 amide bonds. The molecule has 1 aliphatic rings. The van der Waals surface area contributed by atoms with E-state index in [1.54, 1.807) is 6.07 Å². The van der Waals surface area contributed by atoms with E-state index in [4.69, 9.17) is 11.1 Å². The molecule has 0 aliphatic heterocycles. The molecule has 1 aromatic rings. The highest BCUT2D eigenvalue weighted by atomic mass is 19.1. The van der Waals surface area contributed by atoms with Crippen LogP contribution in [-0.2, 0) is 0 Å². The van der Waals surface area contributed by atoms with Crippen molar-refractivity contribution in [3.05, 3.63) is 30.1 Å². The van der Waals surface area contributed by atoms with Gasteiger partial charge in [-0.25, -0.2) is 9.18 Å². The fourth-order valence-electron chi connectivity index (χ4n) is 2.56. The number of anilines is 1. The van der Waals surface area contributed by atoms with Crippen LogP contribution in [0.2, 0.25) is 0 Å². The van der Waals surface area contributed by atoms with E-state index in [-0.39, 0.29) is 5.84 Å². The topological polar surface area (TPSA) is 91.0 Å². The number of halogens is 1. The highest BCUT2D eigenvalue weighted by Gasteiger charge is 2.36. The fourth-order valence-corrected chi connectivity index (χ4v) is 2.56. The summed E-state index contributed by atoms with van der Waals surface area (Å²) in [4.78, 5) is 12.0. The average molecular weight is 278 g/mol. The average Bonchev–Trinajstić information content (AvgIpc) is 2.39. The fraction of sp³-hybridized carbons (Fsp3) is 0.429. The van der Waals surface area contributed by atoms with Gasteiger partial charge in [-0.2, -0.15) is 0 Å². The van der Waals surface area contributed by atoms with Crippen molar-refractivity contribution < 1.29 is 9.18 Å². The molecule has 1 aromatic carbocycles. The number of carbonyl (C=O) groups excluding carboxylic acids is 1. The molecule has 0 unspecified atom stereocenters. The third-order valence-electron chi connectivity index (χ3n) is 3.66. The first-order valence-corrected chi connectivity index (χ1v) is 6.71. The number of amides is 2. The van der Waals surface area contributed by atoms with Gasteiger partial charge in [-0.05, 0) is 31.0 Å². The van der Waals surface area contributed by atoms with Crippen molar-refractivity contribution in [2.75, 3.05) is 5.32 Å². The van der Waals surface area contributed by atoms with Crippen LogP contribution in [0.3, 0.4) is 0 Å². The summed E-state index contributed by atoms with van der Waals surface area (Å²) in [7, 11) is 0. The van der Waals surface area contributed by atoms with Crippen molar-refractivity contribution in [3.8, 4) is 0 Å². The summed E-state index contributed by atoms with van der Waals surface area (Å²) in [5.74, 6) is -0.437. The largest absolute Gasteiger partial charge is 0.386 e. The van der Waals surface area contributed by atoms with Gasteiger partial charge in [-0.1, -0.05) is 25.3 Å². The van der Waals surface area contributed by atoms with Crippen molar-refractivity contribution in [2.24, 2.45) is 5.73 Å². The van der Waals surface area contributed by atoms with E-state index in [1.165, 1.54) is 18.2 Å². The van der Waals surface area contributed by atoms with Crippen LogP contribution in [0, 0.1) is 11.2 Å². The van der Waals surface area contributed by atoms with Crippen LogP contribution in [0.4, 0.5) is 14.9 Å². The number of hydrogen-bond donors (Lipinski definition) is 4. The van der Waals surface area contributed by atoms with Gasteiger partial charge >= 0.3 is 6.03 Å². The van der Waals surface area contributed by atoms with E-state index in [9.17, 15) is 9.18 Å². The van der Waals surface area contributed by atoms with E-state index in [1.807, 2.05) is 0 Å². The summed E-state index contributed by atoms with van der Waals surface area (Å²) >= 11 is 0. The lowest BCUT2D eigenvalue weighted by atomic mass is 9.81. The van der Waals surface area contributed by atoms with Crippen molar-refractivity contribution in [3.63, 3.8) is 0 Å². The van der Waals surface area contributed by atoms with Crippen molar-refractivity contribution >= 4 is 17.6 Å². The molecule has 0 spiro atoms. The van der Waals surface area contributed by atoms with Gasteiger partial charge in [0, 0.05) is 5.69 Å². The highest BCUT2D eigenvalue weighted by Crippen LogP contribution is 2.28. The number of amidine groups is 1. The van der Waals surface area contributed by atoms with E-state index in [2.05, 4.69) is 10.6 Å². The van der Waals surface area contributed by atoms with Crippen LogP contribution < -0.4 is 16.4 Å². The number of benzene rings is 1. The standard InChI is InChI=1S/C14H19FN4O/c15-10-5-4-6-11(9-10)18-13(20)19-14(12(16)17)7-2-1-3-8-14/h4-6,9H,1-3,7-8H2,(H3,16,17)(H2,18,19,20). The summed E-state index contributed by atoms with van der Waals surface area (Å²) in [6, 6.07) is 5.20. The molecule has 5 N–H and O–H groups in total. The molecule has 0 heterocycles. The Kier molecular flexibility index (Phi) is 4.22. The zero-order valence-electron chi connectivity index (χ0n) is 11.2. The number of hydrogen-bond acceptors (Lipinski definition) is 2. The molecule has 2 rings (SSSR count). The smallest absolute Gasteiger partial charge is 0.320 e. The molecule has 20 heavy (non-hydrogen) atoms. The lowest BCUT2D eigenvalue weighted by Crippen LogP contribution is -2.59. The van der Waals surface area contributed by atoms with Gasteiger partial charge in [-0.15, -0.1) is 0 Å². The number of urea groups is 1. The summed E-state index contributed by atoms with van der Waals surface area (Å²) in [5.41, 5.74) is 5.25. The van der Waals surface area contributed by atoms with Gasteiger partial charge in [0.15, 0.2) is 0 Å². The maximum Gasteiger partial charge on any atom is 0.320 e. The number of nitrogens with two attached hydrogens (primary N) is 1. The van der Waals surface area contributed by atoms with Crippen LogP contribution in [0.1, 0.15) is 32.1 Å². The molecule has 6 heteroatoms. The van der Waals surface area contributed by atoms with Crippen molar-refractivity contribution in [1.29, 1.82) is 5.41 Å². The Balaban J connectivity index is 2.03. The molecule has 0 radical (unpaired) electrons. The molecule has 0 aromatic heterocycles. The summed E-state index contributed by atoms with van der Waals surface area (Å²) < 4.78 is 13.1. The van der Waals surface area contributed by atoms with Crippen LogP contribution >= 0.6 is 0 Å². The lowest BCUT2D eigenvalue weighted by molar-refractivity contribution is 0.235. The molecule has 5 nitrogen and oxygen atoms in total. The Morgan fingerprint density at radius 3 is 2.60 bits per heavy atom. The second kappa shape index (κ2) is 5.90. The van der Waals surface area contributed by atoms with Gasteiger partial charge < -0.3 is 16.4 Å². The van der Waals surface area contributed by atoms with Crippen molar-refractivity contribution in [1.82, 2.24) is 5.32 Å².